The molecule has 0 saturated carbocycles. The van der Waals surface area contributed by atoms with Crippen molar-refractivity contribution in [1.29, 1.82) is 0 Å². The first-order valence-electron chi connectivity index (χ1n) is 25.9. The zero-order valence-corrected chi connectivity index (χ0v) is 44.6. The Balaban J connectivity index is 1.33. The standard InChI is InChI=1S/C64H84N2/c1-40-31-46(65(44-19-21-49-48(36-44)41(2)23-24-58(49,5)6)56-38-54-51(33-42(56)3)60(9,10)27-29-63(54,15)16)35-47(32-40)66(45-20-22-50-53(37-45)62(13,14)26-25-59(50,7)8)57-39-55-52(34-43(57)4)61(11,12)28-30-64(55,17)18/h19-22,31-39,41H,23-30H2,1-18H3. The molecule has 1 unspecified atom stereocenters. The van der Waals surface area contributed by atoms with Gasteiger partial charge in [0.2, 0.25) is 0 Å². The van der Waals surface area contributed by atoms with Gasteiger partial charge in [0.1, 0.15) is 0 Å². The first kappa shape index (κ1) is 46.8. The van der Waals surface area contributed by atoms with Crippen molar-refractivity contribution in [3.8, 4) is 0 Å². The molecule has 0 bridgehead atoms. The van der Waals surface area contributed by atoms with Gasteiger partial charge in [-0.1, -0.05) is 128 Å². The van der Waals surface area contributed by atoms with E-state index >= 15 is 0 Å². The summed E-state index contributed by atoms with van der Waals surface area (Å²) in [6, 6.07) is 32.7. The van der Waals surface area contributed by atoms with Crippen LogP contribution in [0.3, 0.4) is 0 Å². The van der Waals surface area contributed by atoms with Crippen LogP contribution in [0.1, 0.15) is 222 Å². The minimum atomic E-state index is 0.0832. The van der Waals surface area contributed by atoms with Crippen LogP contribution in [0.15, 0.2) is 78.9 Å². The molecule has 2 nitrogen and oxygen atoms in total. The summed E-state index contributed by atoms with van der Waals surface area (Å²) in [5.41, 5.74) is 24.3. The highest BCUT2D eigenvalue weighted by Gasteiger charge is 2.42. The lowest BCUT2D eigenvalue weighted by atomic mass is 9.62. The molecule has 0 spiro atoms. The molecule has 9 rings (SSSR count). The lowest BCUT2D eigenvalue weighted by Crippen LogP contribution is -2.34. The Bertz CT molecular complexity index is 2750. The van der Waals surface area contributed by atoms with E-state index in [4.69, 9.17) is 0 Å². The van der Waals surface area contributed by atoms with Crippen molar-refractivity contribution in [1.82, 2.24) is 0 Å². The monoisotopic (exact) mass is 881 g/mol. The quantitative estimate of drug-likeness (QED) is 0.168. The normalized spacial score (nSPS) is 22.3. The summed E-state index contributed by atoms with van der Waals surface area (Å²) in [6.07, 6.45) is 9.63. The third-order valence-electron chi connectivity index (χ3n) is 18.2. The molecule has 0 fully saturated rings. The molecule has 4 aliphatic rings. The molecular formula is C64H84N2. The molecule has 5 aromatic carbocycles. The van der Waals surface area contributed by atoms with Crippen LogP contribution in [0.2, 0.25) is 0 Å². The number of benzene rings is 5. The molecule has 0 radical (unpaired) electrons. The van der Waals surface area contributed by atoms with Gasteiger partial charge in [-0.2, -0.15) is 0 Å². The van der Waals surface area contributed by atoms with Crippen LogP contribution in [-0.2, 0) is 37.9 Å². The fourth-order valence-corrected chi connectivity index (χ4v) is 13.1. The molecule has 4 aliphatic carbocycles. The summed E-state index contributed by atoms with van der Waals surface area (Å²) in [7, 11) is 0. The second-order valence-corrected chi connectivity index (χ2v) is 26.7. The number of nitrogens with zero attached hydrogens (tertiary/aromatic N) is 2. The molecular weight excluding hydrogens is 797 g/mol. The fraction of sp³-hybridized carbons (Fsp3) is 0.531. The van der Waals surface area contributed by atoms with Crippen molar-refractivity contribution >= 4 is 34.1 Å². The summed E-state index contributed by atoms with van der Waals surface area (Å²) < 4.78 is 0. The minimum absolute atomic E-state index is 0.0832. The maximum atomic E-state index is 2.64. The third-order valence-corrected chi connectivity index (χ3v) is 18.2. The Morgan fingerprint density at radius 2 is 0.697 bits per heavy atom. The predicted molar refractivity (Wildman–Crippen MR) is 287 cm³/mol. The van der Waals surface area contributed by atoms with Crippen LogP contribution in [0.25, 0.3) is 0 Å². The van der Waals surface area contributed by atoms with Crippen LogP contribution < -0.4 is 9.80 Å². The molecule has 0 amide bonds. The highest BCUT2D eigenvalue weighted by molar-refractivity contribution is 5.87. The molecule has 0 N–H and O–H groups in total. The van der Waals surface area contributed by atoms with Gasteiger partial charge in [-0.3, -0.25) is 0 Å². The van der Waals surface area contributed by atoms with Crippen molar-refractivity contribution in [3.63, 3.8) is 0 Å². The number of fused-ring (bicyclic) bond motifs is 4. The van der Waals surface area contributed by atoms with E-state index in [-0.39, 0.29) is 37.9 Å². The highest BCUT2D eigenvalue weighted by Crippen LogP contribution is 2.54. The maximum Gasteiger partial charge on any atom is 0.0493 e. The van der Waals surface area contributed by atoms with Crippen molar-refractivity contribution in [2.45, 2.75) is 220 Å². The second-order valence-electron chi connectivity index (χ2n) is 26.7. The van der Waals surface area contributed by atoms with E-state index in [0.29, 0.717) is 5.92 Å². The number of anilines is 6. The van der Waals surface area contributed by atoms with Crippen LogP contribution in [-0.4, -0.2) is 0 Å². The SMILES string of the molecule is Cc1cc(N(c2ccc3c(c2)C(C)CCC3(C)C)c2cc3c(cc2C)C(C)(C)CCC3(C)C)cc(N(c2ccc3c(c2)C(C)(C)CCC3(C)C)c2cc3c(cc2C)C(C)(C)CCC3(C)C)c1. The summed E-state index contributed by atoms with van der Waals surface area (Å²) in [5, 5.41) is 0. The molecule has 66 heavy (non-hydrogen) atoms. The Morgan fingerprint density at radius 3 is 1.14 bits per heavy atom. The summed E-state index contributed by atoms with van der Waals surface area (Å²) in [6.45, 7) is 43.9. The van der Waals surface area contributed by atoms with Gasteiger partial charge in [0.15, 0.2) is 0 Å². The second kappa shape index (κ2) is 15.4. The summed E-state index contributed by atoms with van der Waals surface area (Å²) in [5.74, 6) is 0.516. The van der Waals surface area contributed by atoms with E-state index in [1.165, 1.54) is 147 Å². The largest absolute Gasteiger partial charge is 0.310 e. The van der Waals surface area contributed by atoms with E-state index < -0.39 is 0 Å². The molecule has 0 heterocycles. The van der Waals surface area contributed by atoms with Crippen molar-refractivity contribution < 1.29 is 0 Å². The molecule has 0 saturated heterocycles. The number of aryl methyl sites for hydroxylation is 3. The first-order valence-corrected chi connectivity index (χ1v) is 25.9. The molecule has 5 aromatic rings. The maximum absolute atomic E-state index is 2.64. The van der Waals surface area contributed by atoms with Crippen LogP contribution in [0.5, 0.6) is 0 Å². The van der Waals surface area contributed by atoms with Crippen LogP contribution in [0, 0.1) is 20.8 Å². The number of hydrogen-bond acceptors (Lipinski definition) is 2. The molecule has 350 valence electrons. The van der Waals surface area contributed by atoms with Gasteiger partial charge in [-0.15, -0.1) is 0 Å². The van der Waals surface area contributed by atoms with Crippen molar-refractivity contribution in [2.75, 3.05) is 9.80 Å². The Kier molecular flexibility index (Phi) is 10.9. The van der Waals surface area contributed by atoms with E-state index in [2.05, 4.69) is 213 Å². The summed E-state index contributed by atoms with van der Waals surface area (Å²) >= 11 is 0. The van der Waals surface area contributed by atoms with Crippen LogP contribution in [0.4, 0.5) is 34.1 Å². The van der Waals surface area contributed by atoms with E-state index in [1.807, 2.05) is 0 Å². The van der Waals surface area contributed by atoms with Gasteiger partial charge >= 0.3 is 0 Å². The highest BCUT2D eigenvalue weighted by atomic mass is 15.2. The molecule has 0 aliphatic heterocycles. The Morgan fingerprint density at radius 1 is 0.348 bits per heavy atom. The molecule has 2 heteroatoms. The number of hydrogen-bond donors (Lipinski definition) is 0. The molecule has 1 atom stereocenters. The number of rotatable bonds is 6. The summed E-state index contributed by atoms with van der Waals surface area (Å²) in [4.78, 5) is 5.28. The Hall–Kier alpha value is -4.30. The average molecular weight is 881 g/mol. The minimum Gasteiger partial charge on any atom is -0.310 e. The zero-order valence-electron chi connectivity index (χ0n) is 44.6. The molecule has 0 aromatic heterocycles. The fourth-order valence-electron chi connectivity index (χ4n) is 13.1. The zero-order chi connectivity index (χ0) is 47.9. The van der Waals surface area contributed by atoms with Gasteiger partial charge in [0, 0.05) is 34.1 Å². The predicted octanol–water partition coefficient (Wildman–Crippen LogP) is 18.8. The van der Waals surface area contributed by atoms with Gasteiger partial charge in [0.05, 0.1) is 0 Å². The van der Waals surface area contributed by atoms with Gasteiger partial charge in [0.25, 0.3) is 0 Å². The topological polar surface area (TPSA) is 6.48 Å². The van der Waals surface area contributed by atoms with Crippen molar-refractivity contribution in [2.24, 2.45) is 0 Å². The third kappa shape index (κ3) is 7.77. The average Bonchev–Trinajstić information content (AvgIpc) is 3.23. The lowest BCUT2D eigenvalue weighted by molar-refractivity contribution is 0.331. The smallest absolute Gasteiger partial charge is 0.0493 e. The van der Waals surface area contributed by atoms with Gasteiger partial charge in [-0.25, -0.2) is 0 Å². The van der Waals surface area contributed by atoms with E-state index in [0.717, 1.165) is 0 Å². The van der Waals surface area contributed by atoms with Gasteiger partial charge in [-0.05, 0) is 232 Å². The van der Waals surface area contributed by atoms with E-state index in [9.17, 15) is 0 Å². The van der Waals surface area contributed by atoms with E-state index in [1.54, 1.807) is 0 Å². The lowest BCUT2D eigenvalue weighted by Gasteiger charge is -2.44. The van der Waals surface area contributed by atoms with Crippen molar-refractivity contribution in [3.05, 3.63) is 140 Å². The Labute approximate surface area is 402 Å². The van der Waals surface area contributed by atoms with Crippen LogP contribution >= 0.6 is 0 Å². The first-order chi connectivity index (χ1) is 30.5. The van der Waals surface area contributed by atoms with Gasteiger partial charge < -0.3 is 9.80 Å².